The van der Waals surface area contributed by atoms with Gasteiger partial charge in [-0.25, -0.2) is 8.42 Å². The second-order valence-corrected chi connectivity index (χ2v) is 7.13. The summed E-state index contributed by atoms with van der Waals surface area (Å²) >= 11 is 0. The fourth-order valence-electron chi connectivity index (χ4n) is 2.76. The smallest absolute Gasteiger partial charge is 0.246 e. The lowest BCUT2D eigenvalue weighted by molar-refractivity contribution is 0.442. The number of para-hydroxylation sites is 1. The first kappa shape index (κ1) is 14.1. The fraction of sp³-hybridized carbons (Fsp3) is 0.250. The minimum absolute atomic E-state index is 0.0151. The molecule has 110 valence electrons. The summed E-state index contributed by atoms with van der Waals surface area (Å²) in [6.07, 6.45) is 0.802. The highest BCUT2D eigenvalue weighted by Crippen LogP contribution is 2.33. The lowest BCUT2D eigenvalue weighted by Crippen LogP contribution is -2.28. The third kappa shape index (κ3) is 2.66. The number of phenolic OH excluding ortho intramolecular Hbond substituents is 1. The molecule has 1 N–H and O–H groups in total. The number of benzene rings is 2. The Bertz CT molecular complexity index is 728. The summed E-state index contributed by atoms with van der Waals surface area (Å²) < 4.78 is 26.7. The third-order valence-electron chi connectivity index (χ3n) is 3.91. The Labute approximate surface area is 124 Å². The van der Waals surface area contributed by atoms with Crippen LogP contribution in [-0.2, 0) is 10.0 Å². The van der Waals surface area contributed by atoms with Gasteiger partial charge in [0.15, 0.2) is 0 Å². The van der Waals surface area contributed by atoms with E-state index in [0.29, 0.717) is 13.1 Å². The van der Waals surface area contributed by atoms with Crippen molar-refractivity contribution in [1.82, 2.24) is 4.31 Å². The van der Waals surface area contributed by atoms with Gasteiger partial charge in [-0.15, -0.1) is 0 Å². The second kappa shape index (κ2) is 5.50. The van der Waals surface area contributed by atoms with Crippen molar-refractivity contribution in [1.29, 1.82) is 0 Å². The number of phenols is 1. The van der Waals surface area contributed by atoms with Crippen molar-refractivity contribution in [3.05, 3.63) is 60.2 Å². The Morgan fingerprint density at radius 1 is 1.00 bits per heavy atom. The van der Waals surface area contributed by atoms with E-state index in [4.69, 9.17) is 0 Å². The Kier molecular flexibility index (Phi) is 3.69. The van der Waals surface area contributed by atoms with Crippen molar-refractivity contribution >= 4 is 10.0 Å². The zero-order chi connectivity index (χ0) is 14.9. The van der Waals surface area contributed by atoms with Crippen molar-refractivity contribution in [3.8, 4) is 5.75 Å². The molecule has 0 amide bonds. The van der Waals surface area contributed by atoms with Crippen molar-refractivity contribution < 1.29 is 13.5 Å². The summed E-state index contributed by atoms with van der Waals surface area (Å²) in [6.45, 7) is 0.941. The molecule has 1 atom stereocenters. The molecule has 21 heavy (non-hydrogen) atoms. The number of nitrogens with zero attached hydrogens (tertiary/aromatic N) is 1. The third-order valence-corrected chi connectivity index (χ3v) is 5.82. The minimum atomic E-state index is -3.63. The van der Waals surface area contributed by atoms with Gasteiger partial charge in [0.25, 0.3) is 0 Å². The van der Waals surface area contributed by atoms with Crippen LogP contribution in [0.1, 0.15) is 17.9 Å². The normalized spacial score (nSPS) is 19.7. The summed E-state index contributed by atoms with van der Waals surface area (Å²) in [7, 11) is -3.63. The monoisotopic (exact) mass is 303 g/mol. The SMILES string of the molecule is O=S(=O)(c1ccccc1O)N1CCC(c2ccccc2)C1. The summed E-state index contributed by atoms with van der Waals surface area (Å²) in [4.78, 5) is -0.0151. The Hall–Kier alpha value is -1.85. The van der Waals surface area contributed by atoms with E-state index >= 15 is 0 Å². The predicted molar refractivity (Wildman–Crippen MR) is 80.7 cm³/mol. The zero-order valence-corrected chi connectivity index (χ0v) is 12.3. The van der Waals surface area contributed by atoms with Gasteiger partial charge in [0, 0.05) is 13.1 Å². The van der Waals surface area contributed by atoms with E-state index in [1.54, 1.807) is 12.1 Å². The number of rotatable bonds is 3. The van der Waals surface area contributed by atoms with Crippen molar-refractivity contribution in [2.45, 2.75) is 17.2 Å². The topological polar surface area (TPSA) is 57.6 Å². The average molecular weight is 303 g/mol. The summed E-state index contributed by atoms with van der Waals surface area (Å²) in [5.41, 5.74) is 1.16. The average Bonchev–Trinajstić information content (AvgIpc) is 2.99. The highest BCUT2D eigenvalue weighted by atomic mass is 32.2. The quantitative estimate of drug-likeness (QED) is 0.948. The van der Waals surface area contributed by atoms with Crippen LogP contribution in [0.15, 0.2) is 59.5 Å². The Morgan fingerprint density at radius 2 is 1.67 bits per heavy atom. The highest BCUT2D eigenvalue weighted by molar-refractivity contribution is 7.89. The van der Waals surface area contributed by atoms with Gasteiger partial charge in [-0.05, 0) is 30.0 Å². The summed E-state index contributed by atoms with van der Waals surface area (Å²) in [6, 6.07) is 16.0. The summed E-state index contributed by atoms with van der Waals surface area (Å²) in [5.74, 6) is 0.0208. The van der Waals surface area contributed by atoms with Crippen molar-refractivity contribution in [2.24, 2.45) is 0 Å². The van der Waals surface area contributed by atoms with E-state index < -0.39 is 10.0 Å². The molecule has 1 saturated heterocycles. The molecule has 1 fully saturated rings. The minimum Gasteiger partial charge on any atom is -0.507 e. The number of aromatic hydroxyl groups is 1. The molecule has 0 saturated carbocycles. The standard InChI is InChI=1S/C16H17NO3S/c18-15-8-4-5-9-16(15)21(19,20)17-11-10-14(12-17)13-6-2-1-3-7-13/h1-9,14,18H,10-12H2. The second-order valence-electron chi connectivity index (χ2n) is 5.23. The molecule has 0 bridgehead atoms. The lowest BCUT2D eigenvalue weighted by Gasteiger charge is -2.17. The molecular formula is C16H17NO3S. The molecule has 5 heteroatoms. The first-order valence-corrected chi connectivity index (χ1v) is 8.36. The number of sulfonamides is 1. The molecule has 4 nitrogen and oxygen atoms in total. The highest BCUT2D eigenvalue weighted by Gasteiger charge is 2.34. The van der Waals surface area contributed by atoms with E-state index in [0.717, 1.165) is 12.0 Å². The molecule has 0 spiro atoms. The molecule has 1 aliphatic heterocycles. The maximum atomic E-state index is 12.6. The fourth-order valence-corrected chi connectivity index (χ4v) is 4.34. The van der Waals surface area contributed by atoms with E-state index in [1.165, 1.54) is 16.4 Å². The van der Waals surface area contributed by atoms with Gasteiger partial charge in [0.2, 0.25) is 10.0 Å². The van der Waals surface area contributed by atoms with Crippen LogP contribution in [0.25, 0.3) is 0 Å². The van der Waals surface area contributed by atoms with Gasteiger partial charge in [-0.1, -0.05) is 42.5 Å². The molecule has 1 heterocycles. The van der Waals surface area contributed by atoms with Crippen molar-refractivity contribution in [2.75, 3.05) is 13.1 Å². The van der Waals surface area contributed by atoms with Gasteiger partial charge in [-0.3, -0.25) is 0 Å². The summed E-state index contributed by atoms with van der Waals surface area (Å²) in [5, 5.41) is 9.78. The van der Waals surface area contributed by atoms with Gasteiger partial charge in [0.05, 0.1) is 0 Å². The Balaban J connectivity index is 1.85. The maximum absolute atomic E-state index is 12.6. The van der Waals surface area contributed by atoms with Crippen LogP contribution in [0, 0.1) is 0 Å². The molecule has 0 aliphatic carbocycles. The maximum Gasteiger partial charge on any atom is 0.246 e. The molecule has 2 aromatic carbocycles. The van der Waals surface area contributed by atoms with Crippen LogP contribution in [0.5, 0.6) is 5.75 Å². The molecule has 0 radical (unpaired) electrons. The lowest BCUT2D eigenvalue weighted by atomic mass is 9.99. The first-order chi connectivity index (χ1) is 10.1. The van der Waals surface area contributed by atoms with E-state index in [-0.39, 0.29) is 16.6 Å². The zero-order valence-electron chi connectivity index (χ0n) is 11.5. The van der Waals surface area contributed by atoms with Crippen LogP contribution in [-0.4, -0.2) is 30.9 Å². The van der Waals surface area contributed by atoms with E-state index in [2.05, 4.69) is 0 Å². The van der Waals surface area contributed by atoms with Crippen LogP contribution >= 0.6 is 0 Å². The van der Waals surface area contributed by atoms with Gasteiger partial charge < -0.3 is 5.11 Å². The number of hydrogen-bond acceptors (Lipinski definition) is 3. The van der Waals surface area contributed by atoms with Crippen LogP contribution < -0.4 is 0 Å². The molecule has 0 aromatic heterocycles. The predicted octanol–water partition coefficient (Wildman–Crippen LogP) is 2.57. The van der Waals surface area contributed by atoms with E-state index in [9.17, 15) is 13.5 Å². The van der Waals surface area contributed by atoms with E-state index in [1.807, 2.05) is 30.3 Å². The van der Waals surface area contributed by atoms with Gasteiger partial charge in [0.1, 0.15) is 10.6 Å². The molecule has 2 aromatic rings. The first-order valence-electron chi connectivity index (χ1n) is 6.92. The largest absolute Gasteiger partial charge is 0.507 e. The number of hydrogen-bond donors (Lipinski definition) is 1. The molecule has 3 rings (SSSR count). The van der Waals surface area contributed by atoms with Crippen LogP contribution in [0.4, 0.5) is 0 Å². The van der Waals surface area contributed by atoms with Crippen LogP contribution in [0.3, 0.4) is 0 Å². The Morgan fingerprint density at radius 3 is 2.38 bits per heavy atom. The van der Waals surface area contributed by atoms with Crippen LogP contribution in [0.2, 0.25) is 0 Å². The van der Waals surface area contributed by atoms with Gasteiger partial charge >= 0.3 is 0 Å². The van der Waals surface area contributed by atoms with Gasteiger partial charge in [-0.2, -0.15) is 4.31 Å². The van der Waals surface area contributed by atoms with Crippen molar-refractivity contribution in [3.63, 3.8) is 0 Å². The molecular weight excluding hydrogens is 286 g/mol. The molecule has 1 aliphatic rings. The molecule has 1 unspecified atom stereocenters.